The Bertz CT molecular complexity index is 551. The van der Waals surface area contributed by atoms with Gasteiger partial charge in [-0.1, -0.05) is 19.0 Å². The monoisotopic (exact) mass is 335 g/mol. The first-order valence-corrected chi connectivity index (χ1v) is 9.05. The van der Waals surface area contributed by atoms with Crippen LogP contribution >= 0.6 is 0 Å². The summed E-state index contributed by atoms with van der Waals surface area (Å²) in [4.78, 5) is 23.7. The topological polar surface area (TPSA) is 65.7 Å². The maximum Gasteiger partial charge on any atom is 0.236 e. The van der Waals surface area contributed by atoms with Crippen LogP contribution in [0.15, 0.2) is 4.52 Å². The number of rotatable bonds is 4. The molecule has 0 unspecified atom stereocenters. The van der Waals surface area contributed by atoms with Gasteiger partial charge in [-0.2, -0.15) is 4.98 Å². The zero-order chi connectivity index (χ0) is 17.1. The van der Waals surface area contributed by atoms with E-state index in [-0.39, 0.29) is 17.7 Å². The number of carbonyl (C=O) groups is 1. The highest BCUT2D eigenvalue weighted by atomic mass is 16.5. The van der Waals surface area contributed by atoms with E-state index in [1.54, 1.807) is 0 Å². The molecule has 2 saturated heterocycles. The van der Waals surface area contributed by atoms with Crippen molar-refractivity contribution in [2.75, 3.05) is 52.9 Å². The van der Waals surface area contributed by atoms with Gasteiger partial charge in [-0.3, -0.25) is 9.69 Å². The molecule has 24 heavy (non-hydrogen) atoms. The van der Waals surface area contributed by atoms with Crippen LogP contribution < -0.4 is 0 Å². The molecule has 2 aliphatic rings. The zero-order valence-corrected chi connectivity index (χ0v) is 15.1. The molecule has 1 atom stereocenters. The lowest BCUT2D eigenvalue weighted by Gasteiger charge is -2.35. The minimum absolute atomic E-state index is 0.200. The Morgan fingerprint density at radius 3 is 2.67 bits per heavy atom. The summed E-state index contributed by atoms with van der Waals surface area (Å²) in [7, 11) is 2.13. The van der Waals surface area contributed by atoms with Crippen LogP contribution in [0.3, 0.4) is 0 Å². The van der Waals surface area contributed by atoms with Crippen LogP contribution in [0.2, 0.25) is 0 Å². The Kier molecular flexibility index (Phi) is 5.50. The van der Waals surface area contributed by atoms with Crippen LogP contribution in [0.4, 0.5) is 0 Å². The highest BCUT2D eigenvalue weighted by Gasteiger charge is 2.29. The molecule has 0 radical (unpaired) electrons. The standard InChI is InChI=1S/C17H29N5O2/c1-13(2)17-18-16(19-24-17)14-5-4-6-22(11-14)15(23)12-21-9-7-20(3)8-10-21/h13-14H,4-12H2,1-3H3/t14-/m1/s1. The quantitative estimate of drug-likeness (QED) is 0.822. The van der Waals surface area contributed by atoms with E-state index in [0.717, 1.165) is 51.4 Å². The van der Waals surface area contributed by atoms with E-state index in [1.807, 2.05) is 18.7 Å². The molecule has 0 N–H and O–H groups in total. The van der Waals surface area contributed by atoms with Crippen LogP contribution in [-0.4, -0.2) is 83.6 Å². The van der Waals surface area contributed by atoms with E-state index in [2.05, 4.69) is 27.0 Å². The van der Waals surface area contributed by atoms with Gasteiger partial charge in [0.05, 0.1) is 6.54 Å². The van der Waals surface area contributed by atoms with Crippen molar-refractivity contribution in [3.8, 4) is 0 Å². The Morgan fingerprint density at radius 2 is 2.00 bits per heavy atom. The van der Waals surface area contributed by atoms with Crippen LogP contribution in [0.25, 0.3) is 0 Å². The van der Waals surface area contributed by atoms with E-state index in [9.17, 15) is 4.79 Å². The van der Waals surface area contributed by atoms with Gasteiger partial charge in [0.1, 0.15) is 0 Å². The van der Waals surface area contributed by atoms with Crippen molar-refractivity contribution in [1.82, 2.24) is 24.8 Å². The summed E-state index contributed by atoms with van der Waals surface area (Å²) in [5.74, 6) is 2.12. The molecule has 134 valence electrons. The first-order chi connectivity index (χ1) is 11.5. The van der Waals surface area contributed by atoms with Crippen molar-refractivity contribution < 1.29 is 9.32 Å². The molecule has 1 aromatic rings. The molecule has 0 saturated carbocycles. The van der Waals surface area contributed by atoms with Gasteiger partial charge in [0.25, 0.3) is 0 Å². The second kappa shape index (κ2) is 7.61. The van der Waals surface area contributed by atoms with Gasteiger partial charge in [-0.05, 0) is 19.9 Å². The summed E-state index contributed by atoms with van der Waals surface area (Å²) in [6.45, 7) is 10.2. The van der Waals surface area contributed by atoms with E-state index in [1.165, 1.54) is 0 Å². The predicted molar refractivity (Wildman–Crippen MR) is 90.9 cm³/mol. The molecular weight excluding hydrogens is 306 g/mol. The van der Waals surface area contributed by atoms with Gasteiger partial charge in [-0.15, -0.1) is 0 Å². The highest BCUT2D eigenvalue weighted by Crippen LogP contribution is 2.26. The fourth-order valence-electron chi connectivity index (χ4n) is 3.36. The lowest BCUT2D eigenvalue weighted by Crippen LogP contribution is -2.50. The third-order valence-corrected chi connectivity index (χ3v) is 5.05. The Labute approximate surface area is 144 Å². The maximum atomic E-state index is 12.6. The molecule has 0 aromatic carbocycles. The van der Waals surface area contributed by atoms with Gasteiger partial charge in [-0.25, -0.2) is 0 Å². The number of nitrogens with zero attached hydrogens (tertiary/aromatic N) is 5. The molecule has 1 amide bonds. The van der Waals surface area contributed by atoms with Crippen molar-refractivity contribution in [2.24, 2.45) is 0 Å². The SMILES string of the molecule is CC(C)c1nc([C@@H]2CCCN(C(=O)CN3CCN(C)CC3)C2)no1. The number of likely N-dealkylation sites (tertiary alicyclic amines) is 1. The second-order valence-corrected chi connectivity index (χ2v) is 7.40. The van der Waals surface area contributed by atoms with Crippen LogP contribution in [-0.2, 0) is 4.79 Å². The number of piperazine rings is 1. The molecule has 1 aromatic heterocycles. The van der Waals surface area contributed by atoms with Crippen molar-refractivity contribution in [3.05, 3.63) is 11.7 Å². The average molecular weight is 335 g/mol. The number of carbonyl (C=O) groups excluding carboxylic acids is 1. The predicted octanol–water partition coefficient (Wildman–Crippen LogP) is 1.15. The maximum absolute atomic E-state index is 12.6. The van der Waals surface area contributed by atoms with E-state index in [4.69, 9.17) is 4.52 Å². The van der Waals surface area contributed by atoms with Crippen molar-refractivity contribution in [1.29, 1.82) is 0 Å². The molecule has 7 heteroatoms. The summed E-state index contributed by atoms with van der Waals surface area (Å²) in [6.07, 6.45) is 2.03. The third kappa shape index (κ3) is 4.13. The molecule has 7 nitrogen and oxygen atoms in total. The Hall–Kier alpha value is -1.47. The summed E-state index contributed by atoms with van der Waals surface area (Å²) in [6, 6.07) is 0. The minimum atomic E-state index is 0.200. The smallest absolute Gasteiger partial charge is 0.236 e. The molecule has 0 aliphatic carbocycles. The molecule has 0 spiro atoms. The molecule has 2 fully saturated rings. The molecule has 2 aliphatic heterocycles. The van der Waals surface area contributed by atoms with E-state index in [0.29, 0.717) is 19.0 Å². The summed E-state index contributed by atoms with van der Waals surface area (Å²) in [5.41, 5.74) is 0. The number of hydrogen-bond acceptors (Lipinski definition) is 6. The van der Waals surface area contributed by atoms with E-state index >= 15 is 0 Å². The second-order valence-electron chi connectivity index (χ2n) is 7.40. The van der Waals surface area contributed by atoms with Crippen LogP contribution in [0.5, 0.6) is 0 Å². The fourth-order valence-corrected chi connectivity index (χ4v) is 3.36. The molecule has 0 bridgehead atoms. The first-order valence-electron chi connectivity index (χ1n) is 9.05. The Morgan fingerprint density at radius 1 is 1.25 bits per heavy atom. The van der Waals surface area contributed by atoms with Gasteiger partial charge in [0.15, 0.2) is 5.82 Å². The minimum Gasteiger partial charge on any atom is -0.341 e. The number of aromatic nitrogens is 2. The van der Waals surface area contributed by atoms with Gasteiger partial charge in [0, 0.05) is 51.1 Å². The first kappa shape index (κ1) is 17.4. The molecular formula is C17H29N5O2. The Balaban J connectivity index is 1.55. The van der Waals surface area contributed by atoms with Gasteiger partial charge >= 0.3 is 0 Å². The lowest BCUT2D eigenvalue weighted by molar-refractivity contribution is -0.134. The average Bonchev–Trinajstić information content (AvgIpc) is 3.07. The number of amides is 1. The largest absolute Gasteiger partial charge is 0.341 e. The van der Waals surface area contributed by atoms with Gasteiger partial charge < -0.3 is 14.3 Å². The van der Waals surface area contributed by atoms with Crippen LogP contribution in [0.1, 0.15) is 50.2 Å². The fraction of sp³-hybridized carbons (Fsp3) is 0.824. The van der Waals surface area contributed by atoms with Crippen molar-refractivity contribution in [2.45, 2.75) is 38.5 Å². The number of piperidine rings is 1. The van der Waals surface area contributed by atoms with Crippen molar-refractivity contribution in [3.63, 3.8) is 0 Å². The zero-order valence-electron chi connectivity index (χ0n) is 15.1. The van der Waals surface area contributed by atoms with E-state index < -0.39 is 0 Å². The highest BCUT2D eigenvalue weighted by molar-refractivity contribution is 5.78. The summed E-state index contributed by atoms with van der Waals surface area (Å²) in [5, 5.41) is 4.14. The van der Waals surface area contributed by atoms with Gasteiger partial charge in [0.2, 0.25) is 11.8 Å². The van der Waals surface area contributed by atoms with Crippen molar-refractivity contribution >= 4 is 5.91 Å². The van der Waals surface area contributed by atoms with Crippen LogP contribution in [0, 0.1) is 0 Å². The molecule has 3 heterocycles. The normalized spacial score (nSPS) is 23.8. The number of likely N-dealkylation sites (N-methyl/N-ethyl adjacent to an activating group) is 1. The molecule has 3 rings (SSSR count). The number of hydrogen-bond donors (Lipinski definition) is 0. The summed E-state index contributed by atoms with van der Waals surface area (Å²) < 4.78 is 5.33. The lowest BCUT2D eigenvalue weighted by atomic mass is 9.97. The third-order valence-electron chi connectivity index (χ3n) is 5.05. The summed E-state index contributed by atoms with van der Waals surface area (Å²) >= 11 is 0.